The number of hydrogen-bond donors (Lipinski definition) is 1. The minimum Gasteiger partial charge on any atom is -0.435 e. The SMILES string of the molecule is Cc1sc(NC(=O)c2cnc(Cl)c(Cl)c2)nc1-c1ccc(OC(F)F)cc1. The van der Waals surface area contributed by atoms with Gasteiger partial charge in [-0.2, -0.15) is 8.78 Å². The average molecular weight is 430 g/mol. The third-order valence-corrected chi connectivity index (χ3v) is 5.00. The lowest BCUT2D eigenvalue weighted by Gasteiger charge is -2.05. The number of alkyl halides is 2. The lowest BCUT2D eigenvalue weighted by atomic mass is 10.1. The number of amides is 1. The van der Waals surface area contributed by atoms with Crippen LogP contribution in [-0.2, 0) is 0 Å². The minimum absolute atomic E-state index is 0.0577. The van der Waals surface area contributed by atoms with Crippen LogP contribution in [0.5, 0.6) is 5.75 Å². The number of aryl methyl sites for hydroxylation is 1. The van der Waals surface area contributed by atoms with Gasteiger partial charge in [-0.25, -0.2) is 9.97 Å². The molecule has 0 saturated carbocycles. The first-order valence-corrected chi connectivity index (χ1v) is 9.06. The highest BCUT2D eigenvalue weighted by Gasteiger charge is 2.15. The summed E-state index contributed by atoms with van der Waals surface area (Å²) in [6.45, 7) is -1.04. The van der Waals surface area contributed by atoms with Crippen molar-refractivity contribution in [2.24, 2.45) is 0 Å². The zero-order chi connectivity index (χ0) is 19.6. The Morgan fingerprint density at radius 3 is 2.59 bits per heavy atom. The van der Waals surface area contributed by atoms with Crippen LogP contribution in [0, 0.1) is 6.92 Å². The van der Waals surface area contributed by atoms with Gasteiger partial charge in [0.15, 0.2) is 5.13 Å². The Morgan fingerprint density at radius 2 is 1.96 bits per heavy atom. The summed E-state index contributed by atoms with van der Waals surface area (Å²) in [6.07, 6.45) is 1.31. The van der Waals surface area contributed by atoms with E-state index in [1.807, 2.05) is 6.92 Å². The maximum absolute atomic E-state index is 12.3. The van der Waals surface area contributed by atoms with Gasteiger partial charge in [0.1, 0.15) is 10.9 Å². The van der Waals surface area contributed by atoms with Crippen molar-refractivity contribution in [3.05, 3.63) is 57.1 Å². The van der Waals surface area contributed by atoms with Crippen LogP contribution in [0.25, 0.3) is 11.3 Å². The van der Waals surface area contributed by atoms with Crippen LogP contribution in [0.15, 0.2) is 36.5 Å². The maximum Gasteiger partial charge on any atom is 0.387 e. The number of aromatic nitrogens is 2. The molecule has 2 heterocycles. The number of carbonyl (C=O) groups excluding carboxylic acids is 1. The van der Waals surface area contributed by atoms with E-state index in [1.54, 1.807) is 12.1 Å². The number of halogens is 4. The number of nitrogens with zero attached hydrogens (tertiary/aromatic N) is 2. The van der Waals surface area contributed by atoms with Gasteiger partial charge in [0, 0.05) is 16.6 Å². The molecule has 0 saturated heterocycles. The van der Waals surface area contributed by atoms with E-state index < -0.39 is 12.5 Å². The lowest BCUT2D eigenvalue weighted by molar-refractivity contribution is -0.0498. The second-order valence-electron chi connectivity index (χ2n) is 5.28. The highest BCUT2D eigenvalue weighted by Crippen LogP contribution is 2.32. The molecular formula is C17H11Cl2F2N3O2S. The van der Waals surface area contributed by atoms with Crippen LogP contribution in [0.1, 0.15) is 15.2 Å². The smallest absolute Gasteiger partial charge is 0.387 e. The van der Waals surface area contributed by atoms with Crippen molar-refractivity contribution in [1.29, 1.82) is 0 Å². The van der Waals surface area contributed by atoms with E-state index in [0.29, 0.717) is 16.4 Å². The largest absolute Gasteiger partial charge is 0.435 e. The summed E-state index contributed by atoms with van der Waals surface area (Å²) in [5.41, 5.74) is 1.58. The molecule has 5 nitrogen and oxygen atoms in total. The van der Waals surface area contributed by atoms with Crippen molar-refractivity contribution >= 4 is 45.6 Å². The molecule has 0 atom stereocenters. The molecule has 0 unspecified atom stereocenters. The Kier molecular flexibility index (Phi) is 5.88. The van der Waals surface area contributed by atoms with Gasteiger partial charge in [-0.3, -0.25) is 10.1 Å². The van der Waals surface area contributed by atoms with E-state index >= 15 is 0 Å². The van der Waals surface area contributed by atoms with E-state index in [1.165, 1.54) is 35.7 Å². The number of rotatable bonds is 5. The summed E-state index contributed by atoms with van der Waals surface area (Å²) in [5.74, 6) is -0.371. The molecular weight excluding hydrogens is 419 g/mol. The Morgan fingerprint density at radius 1 is 1.26 bits per heavy atom. The van der Waals surface area contributed by atoms with Gasteiger partial charge in [-0.15, -0.1) is 11.3 Å². The fraction of sp³-hybridized carbons (Fsp3) is 0.118. The molecule has 0 spiro atoms. The number of anilines is 1. The monoisotopic (exact) mass is 429 g/mol. The lowest BCUT2D eigenvalue weighted by Crippen LogP contribution is -2.12. The molecule has 0 aliphatic carbocycles. The fourth-order valence-corrected chi connectivity index (χ4v) is 3.33. The number of hydrogen-bond acceptors (Lipinski definition) is 5. The molecule has 3 aromatic rings. The average Bonchev–Trinajstić information content (AvgIpc) is 2.97. The Hall–Kier alpha value is -2.29. The Bertz CT molecular complexity index is 981. The summed E-state index contributed by atoms with van der Waals surface area (Å²) in [4.78, 5) is 21.4. The van der Waals surface area contributed by atoms with Crippen molar-refractivity contribution in [3.63, 3.8) is 0 Å². The zero-order valence-corrected chi connectivity index (χ0v) is 16.0. The first-order valence-electron chi connectivity index (χ1n) is 7.48. The van der Waals surface area contributed by atoms with Gasteiger partial charge in [-0.1, -0.05) is 23.2 Å². The van der Waals surface area contributed by atoms with Crippen molar-refractivity contribution in [2.45, 2.75) is 13.5 Å². The van der Waals surface area contributed by atoms with Crippen LogP contribution < -0.4 is 10.1 Å². The summed E-state index contributed by atoms with van der Waals surface area (Å²) < 4.78 is 28.8. The van der Waals surface area contributed by atoms with Crippen LogP contribution in [0.4, 0.5) is 13.9 Å². The van der Waals surface area contributed by atoms with Gasteiger partial charge in [-0.05, 0) is 37.3 Å². The molecule has 10 heteroatoms. The van der Waals surface area contributed by atoms with Crippen molar-refractivity contribution in [1.82, 2.24) is 9.97 Å². The van der Waals surface area contributed by atoms with E-state index in [4.69, 9.17) is 23.2 Å². The number of benzene rings is 1. The normalized spacial score (nSPS) is 10.9. The first kappa shape index (κ1) is 19.5. The quantitative estimate of drug-likeness (QED) is 0.530. The molecule has 0 bridgehead atoms. The van der Waals surface area contributed by atoms with Crippen molar-refractivity contribution in [2.75, 3.05) is 5.32 Å². The highest BCUT2D eigenvalue weighted by atomic mass is 35.5. The molecule has 2 aromatic heterocycles. The van der Waals surface area contributed by atoms with Gasteiger partial charge in [0.05, 0.1) is 16.3 Å². The summed E-state index contributed by atoms with van der Waals surface area (Å²) in [7, 11) is 0. The molecule has 0 aliphatic rings. The predicted molar refractivity (Wildman–Crippen MR) is 101 cm³/mol. The molecule has 1 N–H and O–H groups in total. The van der Waals surface area contributed by atoms with Crippen LogP contribution >= 0.6 is 34.5 Å². The zero-order valence-electron chi connectivity index (χ0n) is 13.7. The van der Waals surface area contributed by atoms with Crippen molar-refractivity contribution < 1.29 is 18.3 Å². The van der Waals surface area contributed by atoms with E-state index in [0.717, 1.165) is 4.88 Å². The van der Waals surface area contributed by atoms with Crippen LogP contribution in [-0.4, -0.2) is 22.5 Å². The minimum atomic E-state index is -2.88. The van der Waals surface area contributed by atoms with Crippen LogP contribution in [0.2, 0.25) is 10.2 Å². The van der Waals surface area contributed by atoms with Gasteiger partial charge in [0.2, 0.25) is 0 Å². The summed E-state index contributed by atoms with van der Waals surface area (Å²) in [6, 6.07) is 7.51. The first-order chi connectivity index (χ1) is 12.8. The van der Waals surface area contributed by atoms with E-state index in [2.05, 4.69) is 20.0 Å². The number of nitrogens with one attached hydrogen (secondary N) is 1. The molecule has 1 amide bonds. The molecule has 140 valence electrons. The van der Waals surface area contributed by atoms with Crippen LogP contribution in [0.3, 0.4) is 0 Å². The fourth-order valence-electron chi connectivity index (χ4n) is 2.23. The molecule has 3 rings (SSSR count). The number of carbonyl (C=O) groups is 1. The van der Waals surface area contributed by atoms with Crippen molar-refractivity contribution in [3.8, 4) is 17.0 Å². The summed E-state index contributed by atoms with van der Waals surface area (Å²) in [5, 5.41) is 3.34. The second-order valence-corrected chi connectivity index (χ2v) is 7.25. The molecule has 0 aliphatic heterocycles. The molecule has 27 heavy (non-hydrogen) atoms. The summed E-state index contributed by atoms with van der Waals surface area (Å²) >= 11 is 12.9. The third kappa shape index (κ3) is 4.71. The molecule has 0 radical (unpaired) electrons. The number of thiazole rings is 1. The molecule has 1 aromatic carbocycles. The number of pyridine rings is 1. The predicted octanol–water partition coefficient (Wildman–Crippen LogP) is 5.67. The third-order valence-electron chi connectivity index (χ3n) is 3.43. The Labute approximate surface area is 166 Å². The Balaban J connectivity index is 1.77. The molecule has 0 fully saturated rings. The topological polar surface area (TPSA) is 64.1 Å². The highest BCUT2D eigenvalue weighted by molar-refractivity contribution is 7.16. The van der Waals surface area contributed by atoms with Gasteiger partial charge in [0.25, 0.3) is 5.91 Å². The number of ether oxygens (including phenoxy) is 1. The van der Waals surface area contributed by atoms with Gasteiger partial charge >= 0.3 is 6.61 Å². The standard InChI is InChI=1S/C17H11Cl2F2N3O2S/c1-8-13(9-2-4-11(5-3-9)26-16(20)21)23-17(27-8)24-15(25)10-6-12(18)14(19)22-7-10/h2-7,16H,1H3,(H,23,24,25). The second kappa shape index (κ2) is 8.16. The van der Waals surface area contributed by atoms with Gasteiger partial charge < -0.3 is 4.74 Å². The van der Waals surface area contributed by atoms with E-state index in [-0.39, 0.29) is 21.5 Å². The maximum atomic E-state index is 12.3. The van der Waals surface area contributed by atoms with E-state index in [9.17, 15) is 13.6 Å².